The molecule has 1 aromatic heterocycles. The molecule has 130 valence electrons. The van der Waals surface area contributed by atoms with Crippen LogP contribution < -0.4 is 5.32 Å². The van der Waals surface area contributed by atoms with Gasteiger partial charge < -0.3 is 9.84 Å². The Kier molecular flexibility index (Phi) is 5.95. The van der Waals surface area contributed by atoms with Crippen molar-refractivity contribution in [2.75, 3.05) is 5.75 Å². The first-order chi connectivity index (χ1) is 11.3. The fourth-order valence-electron chi connectivity index (χ4n) is 1.82. The van der Waals surface area contributed by atoms with E-state index in [0.29, 0.717) is 5.02 Å². The standard InChI is InChI=1S/C15H18ClN3O4S/c1-3-10(2)17-14(20)15-18-13(19-23-15)8-9-24(21,22)12-6-4-11(16)5-7-12/h4-7,10H,3,8-9H2,1-2H3,(H,17,20)/t10-/m0/s1. The Morgan fingerprint density at radius 2 is 2.00 bits per heavy atom. The lowest BCUT2D eigenvalue weighted by molar-refractivity contribution is 0.0895. The highest BCUT2D eigenvalue weighted by molar-refractivity contribution is 7.91. The molecule has 2 aromatic rings. The minimum Gasteiger partial charge on any atom is -0.345 e. The Morgan fingerprint density at radius 1 is 1.33 bits per heavy atom. The van der Waals surface area contributed by atoms with Crippen LogP contribution in [0.25, 0.3) is 0 Å². The maximum atomic E-state index is 12.2. The van der Waals surface area contributed by atoms with Gasteiger partial charge in [0.15, 0.2) is 15.7 Å². The Labute approximate surface area is 145 Å². The van der Waals surface area contributed by atoms with Gasteiger partial charge in [0.25, 0.3) is 0 Å². The van der Waals surface area contributed by atoms with Gasteiger partial charge in [-0.25, -0.2) is 8.42 Å². The number of nitrogens with one attached hydrogen (secondary N) is 1. The van der Waals surface area contributed by atoms with E-state index < -0.39 is 15.7 Å². The molecule has 24 heavy (non-hydrogen) atoms. The van der Waals surface area contributed by atoms with Crippen LogP contribution in [0.5, 0.6) is 0 Å². The molecule has 2 rings (SSSR count). The minimum absolute atomic E-state index is 0.0156. The van der Waals surface area contributed by atoms with Crippen molar-refractivity contribution in [1.29, 1.82) is 0 Å². The first-order valence-electron chi connectivity index (χ1n) is 7.43. The molecule has 1 N–H and O–H groups in total. The third-order valence-electron chi connectivity index (χ3n) is 3.42. The van der Waals surface area contributed by atoms with Crippen LogP contribution in [0.15, 0.2) is 33.7 Å². The van der Waals surface area contributed by atoms with Crippen LogP contribution >= 0.6 is 11.6 Å². The van der Waals surface area contributed by atoms with Crippen LogP contribution in [0.3, 0.4) is 0 Å². The van der Waals surface area contributed by atoms with Crippen molar-refractivity contribution in [2.24, 2.45) is 0 Å². The summed E-state index contributed by atoms with van der Waals surface area (Å²) in [5.41, 5.74) is 0. The number of nitrogens with zero attached hydrogens (tertiary/aromatic N) is 2. The average molecular weight is 372 g/mol. The Hall–Kier alpha value is -1.93. The highest BCUT2D eigenvalue weighted by atomic mass is 35.5. The molecule has 0 saturated carbocycles. The number of aromatic nitrogens is 2. The molecule has 0 fully saturated rings. The molecule has 1 heterocycles. The molecule has 0 saturated heterocycles. The monoisotopic (exact) mass is 371 g/mol. The van der Waals surface area contributed by atoms with Crippen LogP contribution in [0.4, 0.5) is 0 Å². The van der Waals surface area contributed by atoms with Crippen molar-refractivity contribution in [3.05, 3.63) is 41.0 Å². The van der Waals surface area contributed by atoms with Gasteiger partial charge in [0.05, 0.1) is 10.6 Å². The summed E-state index contributed by atoms with van der Waals surface area (Å²) in [7, 11) is -3.49. The number of halogens is 1. The molecule has 7 nitrogen and oxygen atoms in total. The number of hydrogen-bond donors (Lipinski definition) is 1. The lowest BCUT2D eigenvalue weighted by Gasteiger charge is -2.07. The summed E-state index contributed by atoms with van der Waals surface area (Å²) < 4.78 is 29.3. The summed E-state index contributed by atoms with van der Waals surface area (Å²) in [4.78, 5) is 15.9. The summed E-state index contributed by atoms with van der Waals surface area (Å²) in [5.74, 6) is -0.666. The van der Waals surface area contributed by atoms with Crippen LogP contribution in [0.1, 0.15) is 36.8 Å². The molecule has 0 aliphatic heterocycles. The van der Waals surface area contributed by atoms with Gasteiger partial charge in [-0.05, 0) is 37.6 Å². The zero-order chi connectivity index (χ0) is 17.7. The highest BCUT2D eigenvalue weighted by Gasteiger charge is 2.19. The molecule has 1 atom stereocenters. The SMILES string of the molecule is CC[C@H](C)NC(=O)c1nc(CCS(=O)(=O)c2ccc(Cl)cc2)no1. The Balaban J connectivity index is 2.00. The molecule has 0 aliphatic rings. The van der Waals surface area contributed by atoms with Gasteiger partial charge in [0.1, 0.15) is 0 Å². The van der Waals surface area contributed by atoms with E-state index in [1.807, 2.05) is 13.8 Å². The molecule has 1 aromatic carbocycles. The lowest BCUT2D eigenvalue weighted by atomic mass is 10.2. The number of sulfone groups is 1. The number of benzene rings is 1. The van der Waals surface area contributed by atoms with Crippen LogP contribution in [0, 0.1) is 0 Å². The molecule has 0 spiro atoms. The summed E-state index contributed by atoms with van der Waals surface area (Å²) in [6.07, 6.45) is 0.817. The van der Waals surface area contributed by atoms with E-state index in [-0.39, 0.29) is 34.8 Å². The van der Waals surface area contributed by atoms with Crippen molar-refractivity contribution in [1.82, 2.24) is 15.5 Å². The number of carbonyl (C=O) groups is 1. The number of rotatable bonds is 7. The fraction of sp³-hybridized carbons (Fsp3) is 0.400. The smallest absolute Gasteiger partial charge is 0.315 e. The lowest BCUT2D eigenvalue weighted by Crippen LogP contribution is -2.32. The van der Waals surface area contributed by atoms with Gasteiger partial charge in [0.2, 0.25) is 0 Å². The number of amides is 1. The van der Waals surface area contributed by atoms with Gasteiger partial charge in [-0.2, -0.15) is 4.98 Å². The third kappa shape index (κ3) is 4.78. The summed E-state index contributed by atoms with van der Waals surface area (Å²) in [5, 5.41) is 6.81. The van der Waals surface area contributed by atoms with Gasteiger partial charge in [-0.15, -0.1) is 0 Å². The summed E-state index contributed by atoms with van der Waals surface area (Å²) in [6, 6.07) is 5.90. The maximum Gasteiger partial charge on any atom is 0.315 e. The average Bonchev–Trinajstić information content (AvgIpc) is 3.02. The van der Waals surface area contributed by atoms with Crippen molar-refractivity contribution < 1.29 is 17.7 Å². The molecular weight excluding hydrogens is 354 g/mol. The van der Waals surface area contributed by atoms with Gasteiger partial charge in [0, 0.05) is 17.5 Å². The summed E-state index contributed by atoms with van der Waals surface area (Å²) in [6.45, 7) is 3.79. The molecule has 0 radical (unpaired) electrons. The first kappa shape index (κ1) is 18.4. The predicted octanol–water partition coefficient (Wildman–Crippen LogP) is 2.27. The zero-order valence-corrected chi connectivity index (χ0v) is 14.9. The second-order valence-electron chi connectivity index (χ2n) is 5.32. The van der Waals surface area contributed by atoms with Crippen LogP contribution in [-0.4, -0.2) is 36.3 Å². The molecule has 0 unspecified atom stereocenters. The molecule has 0 aliphatic carbocycles. The largest absolute Gasteiger partial charge is 0.345 e. The fourth-order valence-corrected chi connectivity index (χ4v) is 3.18. The quantitative estimate of drug-likeness (QED) is 0.800. The third-order valence-corrected chi connectivity index (χ3v) is 5.40. The number of hydrogen-bond acceptors (Lipinski definition) is 6. The van der Waals surface area contributed by atoms with Crippen molar-refractivity contribution >= 4 is 27.3 Å². The first-order valence-corrected chi connectivity index (χ1v) is 9.46. The van der Waals surface area contributed by atoms with E-state index in [0.717, 1.165) is 6.42 Å². The van der Waals surface area contributed by atoms with E-state index in [9.17, 15) is 13.2 Å². The van der Waals surface area contributed by atoms with Crippen LogP contribution in [-0.2, 0) is 16.3 Å². The zero-order valence-electron chi connectivity index (χ0n) is 13.3. The van der Waals surface area contributed by atoms with E-state index in [4.69, 9.17) is 16.1 Å². The second kappa shape index (κ2) is 7.76. The van der Waals surface area contributed by atoms with E-state index in [2.05, 4.69) is 15.5 Å². The Bertz CT molecular complexity index is 802. The predicted molar refractivity (Wildman–Crippen MR) is 88.7 cm³/mol. The minimum atomic E-state index is -3.49. The van der Waals surface area contributed by atoms with Gasteiger partial charge in [-0.3, -0.25) is 4.79 Å². The van der Waals surface area contributed by atoms with E-state index in [1.165, 1.54) is 24.3 Å². The molecule has 1 amide bonds. The van der Waals surface area contributed by atoms with Crippen molar-refractivity contribution in [3.63, 3.8) is 0 Å². The topological polar surface area (TPSA) is 102 Å². The van der Waals surface area contributed by atoms with E-state index in [1.54, 1.807) is 0 Å². The highest BCUT2D eigenvalue weighted by Crippen LogP contribution is 2.16. The van der Waals surface area contributed by atoms with E-state index >= 15 is 0 Å². The molecule has 0 bridgehead atoms. The number of aryl methyl sites for hydroxylation is 1. The molecular formula is C15H18ClN3O4S. The van der Waals surface area contributed by atoms with Gasteiger partial charge in [-0.1, -0.05) is 23.7 Å². The Morgan fingerprint density at radius 3 is 2.62 bits per heavy atom. The second-order valence-corrected chi connectivity index (χ2v) is 7.87. The van der Waals surface area contributed by atoms with Crippen molar-refractivity contribution in [3.8, 4) is 0 Å². The van der Waals surface area contributed by atoms with Gasteiger partial charge >= 0.3 is 11.8 Å². The maximum absolute atomic E-state index is 12.2. The summed E-state index contributed by atoms with van der Waals surface area (Å²) >= 11 is 5.75. The number of carbonyl (C=O) groups excluding carboxylic acids is 1. The van der Waals surface area contributed by atoms with Crippen molar-refractivity contribution in [2.45, 2.75) is 37.6 Å². The van der Waals surface area contributed by atoms with Crippen LogP contribution in [0.2, 0.25) is 5.02 Å². The molecule has 9 heteroatoms. The normalized spacial score (nSPS) is 12.8.